The fraction of sp³-hybridized carbons (Fsp3) is 0.565. The van der Waals surface area contributed by atoms with Crippen LogP contribution in [0.3, 0.4) is 0 Å². The highest BCUT2D eigenvalue weighted by molar-refractivity contribution is 5.92. The zero-order valence-electron chi connectivity index (χ0n) is 19.6. The van der Waals surface area contributed by atoms with Crippen molar-refractivity contribution in [2.24, 2.45) is 0 Å². The van der Waals surface area contributed by atoms with Crippen molar-refractivity contribution in [3.63, 3.8) is 0 Å². The molecule has 1 aromatic rings. The Labute approximate surface area is 188 Å². The molecule has 9 heteroatoms. The zero-order valence-corrected chi connectivity index (χ0v) is 19.6. The normalized spacial score (nSPS) is 14.2. The van der Waals surface area contributed by atoms with Gasteiger partial charge in [-0.05, 0) is 58.6 Å². The van der Waals surface area contributed by atoms with Crippen molar-refractivity contribution < 1.29 is 28.7 Å². The van der Waals surface area contributed by atoms with Gasteiger partial charge in [-0.25, -0.2) is 4.79 Å². The molecule has 1 aromatic carbocycles. The lowest BCUT2D eigenvalue weighted by molar-refractivity contribution is -0.144. The summed E-state index contributed by atoms with van der Waals surface area (Å²) in [4.78, 5) is 51.5. The molecule has 1 atom stereocenters. The highest BCUT2D eigenvalue weighted by atomic mass is 16.6. The Balaban J connectivity index is 2.30. The minimum atomic E-state index is -0.944. The van der Waals surface area contributed by atoms with E-state index in [0.29, 0.717) is 5.56 Å². The number of methoxy groups -OCH3 is 1. The summed E-state index contributed by atoms with van der Waals surface area (Å²) in [5, 5.41) is 5.05. The minimum Gasteiger partial charge on any atom is -0.468 e. The first-order valence-electron chi connectivity index (χ1n) is 10.6. The van der Waals surface area contributed by atoms with Crippen LogP contribution in [0.2, 0.25) is 0 Å². The van der Waals surface area contributed by atoms with Gasteiger partial charge in [0, 0.05) is 6.04 Å². The van der Waals surface area contributed by atoms with Gasteiger partial charge >= 0.3 is 12.1 Å². The van der Waals surface area contributed by atoms with Crippen LogP contribution in [0, 0.1) is 13.8 Å². The van der Waals surface area contributed by atoms with Crippen molar-refractivity contribution in [2.45, 2.75) is 65.1 Å². The van der Waals surface area contributed by atoms with E-state index >= 15 is 0 Å². The summed E-state index contributed by atoms with van der Waals surface area (Å²) in [5.41, 5.74) is 1.75. The monoisotopic (exact) mass is 447 g/mol. The maximum Gasteiger partial charge on any atom is 0.408 e. The predicted molar refractivity (Wildman–Crippen MR) is 118 cm³/mol. The number of aryl methyl sites for hydroxylation is 2. The number of carbonyl (C=O) groups is 4. The number of nitrogens with one attached hydrogen (secondary N) is 2. The third-order valence-electron chi connectivity index (χ3n) is 4.90. The van der Waals surface area contributed by atoms with Gasteiger partial charge in [0.15, 0.2) is 0 Å². The molecule has 0 aromatic heterocycles. The van der Waals surface area contributed by atoms with Gasteiger partial charge in [-0.2, -0.15) is 0 Å². The number of carbonyl (C=O) groups excluding carboxylic acids is 4. The summed E-state index contributed by atoms with van der Waals surface area (Å²) in [6.07, 6.45) is 0.799. The molecule has 0 bridgehead atoms. The molecule has 1 unspecified atom stereocenters. The van der Waals surface area contributed by atoms with Crippen LogP contribution in [0.4, 0.5) is 4.79 Å². The summed E-state index contributed by atoms with van der Waals surface area (Å²) >= 11 is 0. The second-order valence-corrected chi connectivity index (χ2v) is 8.94. The quantitative estimate of drug-likeness (QED) is 0.590. The van der Waals surface area contributed by atoms with E-state index < -0.39 is 35.5 Å². The Morgan fingerprint density at radius 2 is 1.75 bits per heavy atom. The lowest BCUT2D eigenvalue weighted by Crippen LogP contribution is -2.49. The topological polar surface area (TPSA) is 114 Å². The van der Waals surface area contributed by atoms with Gasteiger partial charge in [-0.15, -0.1) is 0 Å². The van der Waals surface area contributed by atoms with E-state index in [-0.39, 0.29) is 19.1 Å². The van der Waals surface area contributed by atoms with Crippen molar-refractivity contribution in [2.75, 3.05) is 20.2 Å². The molecule has 0 radical (unpaired) electrons. The first kappa shape index (κ1) is 25.2. The van der Waals surface area contributed by atoms with Crippen LogP contribution in [-0.4, -0.2) is 60.6 Å². The molecule has 1 aliphatic carbocycles. The molecular formula is C23H33N3O6. The van der Waals surface area contributed by atoms with Gasteiger partial charge in [0.2, 0.25) is 11.8 Å². The van der Waals surface area contributed by atoms with Crippen LogP contribution in [0.15, 0.2) is 18.2 Å². The van der Waals surface area contributed by atoms with E-state index in [0.717, 1.165) is 24.0 Å². The first-order valence-corrected chi connectivity index (χ1v) is 10.6. The smallest absolute Gasteiger partial charge is 0.408 e. The maximum absolute atomic E-state index is 13.2. The van der Waals surface area contributed by atoms with E-state index in [1.54, 1.807) is 20.8 Å². The average molecular weight is 448 g/mol. The molecule has 0 heterocycles. The standard InChI is InChI=1S/C23H33N3O6/c1-14-7-8-15(2)17(11-14)20(21(29)24-13-19(28)31-6)26(16-9-10-16)18(27)12-25-22(30)32-23(3,4)5/h7-8,11,16,20H,9-10,12-13H2,1-6H3,(H,24,29)(H,25,30). The van der Waals surface area contributed by atoms with E-state index in [1.165, 1.54) is 12.0 Å². The molecule has 1 saturated carbocycles. The second kappa shape index (κ2) is 10.5. The van der Waals surface area contributed by atoms with Crippen LogP contribution < -0.4 is 10.6 Å². The minimum absolute atomic E-state index is 0.128. The number of amides is 3. The molecule has 32 heavy (non-hydrogen) atoms. The van der Waals surface area contributed by atoms with Crippen molar-refractivity contribution in [1.29, 1.82) is 0 Å². The van der Waals surface area contributed by atoms with Crippen LogP contribution in [0.1, 0.15) is 56.3 Å². The number of hydrogen-bond acceptors (Lipinski definition) is 6. The van der Waals surface area contributed by atoms with Crippen molar-refractivity contribution in [1.82, 2.24) is 15.5 Å². The lowest BCUT2D eigenvalue weighted by Gasteiger charge is -2.32. The fourth-order valence-corrected chi connectivity index (χ4v) is 3.26. The molecule has 1 aliphatic rings. The number of benzene rings is 1. The van der Waals surface area contributed by atoms with Gasteiger partial charge in [0.05, 0.1) is 7.11 Å². The first-order chi connectivity index (χ1) is 14.9. The van der Waals surface area contributed by atoms with Crippen molar-refractivity contribution in [3.8, 4) is 0 Å². The highest BCUT2D eigenvalue weighted by Gasteiger charge is 2.42. The Morgan fingerprint density at radius 3 is 2.31 bits per heavy atom. The molecule has 9 nitrogen and oxygen atoms in total. The molecular weight excluding hydrogens is 414 g/mol. The van der Waals surface area contributed by atoms with Gasteiger partial charge in [-0.1, -0.05) is 23.8 Å². The summed E-state index contributed by atoms with van der Waals surface area (Å²) in [7, 11) is 1.24. The largest absolute Gasteiger partial charge is 0.468 e. The molecule has 1 fully saturated rings. The molecule has 0 aliphatic heterocycles. The number of ether oxygens (including phenoxy) is 2. The molecule has 0 saturated heterocycles. The number of hydrogen-bond donors (Lipinski definition) is 2. The Morgan fingerprint density at radius 1 is 1.09 bits per heavy atom. The lowest BCUT2D eigenvalue weighted by atomic mass is 9.96. The van der Waals surface area contributed by atoms with Gasteiger partial charge < -0.3 is 25.0 Å². The third kappa shape index (κ3) is 7.25. The van der Waals surface area contributed by atoms with Gasteiger partial charge in [0.1, 0.15) is 24.7 Å². The Hall–Kier alpha value is -3.10. The number of alkyl carbamates (subject to hydrolysis) is 1. The number of esters is 1. The predicted octanol–water partition coefficient (Wildman–Crippen LogP) is 2.15. The summed E-state index contributed by atoms with van der Waals surface area (Å²) in [6, 6.07) is 4.61. The Kier molecular flexibility index (Phi) is 8.24. The van der Waals surface area contributed by atoms with Crippen LogP contribution in [0.25, 0.3) is 0 Å². The Bertz CT molecular complexity index is 873. The van der Waals surface area contributed by atoms with E-state index in [9.17, 15) is 19.2 Å². The highest BCUT2D eigenvalue weighted by Crippen LogP contribution is 2.36. The number of rotatable bonds is 8. The van der Waals surface area contributed by atoms with Crippen LogP contribution in [0.5, 0.6) is 0 Å². The van der Waals surface area contributed by atoms with Gasteiger partial charge in [0.25, 0.3) is 0 Å². The maximum atomic E-state index is 13.2. The van der Waals surface area contributed by atoms with E-state index in [4.69, 9.17) is 4.74 Å². The summed E-state index contributed by atoms with van der Waals surface area (Å²) in [5.74, 6) is -1.48. The molecule has 176 valence electrons. The van der Waals surface area contributed by atoms with E-state index in [2.05, 4.69) is 15.4 Å². The van der Waals surface area contributed by atoms with Gasteiger partial charge in [-0.3, -0.25) is 14.4 Å². The molecule has 2 rings (SSSR count). The second-order valence-electron chi connectivity index (χ2n) is 8.94. The third-order valence-corrected chi connectivity index (χ3v) is 4.90. The summed E-state index contributed by atoms with van der Waals surface area (Å²) < 4.78 is 9.80. The SMILES string of the molecule is COC(=O)CNC(=O)C(c1cc(C)ccc1C)N(C(=O)CNC(=O)OC(C)(C)C)C1CC1. The van der Waals surface area contributed by atoms with E-state index in [1.807, 2.05) is 32.0 Å². The zero-order chi connectivity index (χ0) is 24.1. The molecule has 3 amide bonds. The molecule has 2 N–H and O–H groups in total. The molecule has 0 spiro atoms. The van der Waals surface area contributed by atoms with Crippen molar-refractivity contribution in [3.05, 3.63) is 34.9 Å². The summed E-state index contributed by atoms with van der Waals surface area (Å²) in [6.45, 7) is 8.34. The fourth-order valence-electron chi connectivity index (χ4n) is 3.26. The van der Waals surface area contributed by atoms with Crippen LogP contribution >= 0.6 is 0 Å². The van der Waals surface area contributed by atoms with Crippen LogP contribution in [-0.2, 0) is 23.9 Å². The van der Waals surface area contributed by atoms with Crippen molar-refractivity contribution >= 4 is 23.9 Å². The average Bonchev–Trinajstić information content (AvgIpc) is 3.53. The number of nitrogens with zero attached hydrogens (tertiary/aromatic N) is 1.